The minimum absolute atomic E-state index is 0.00365. The molecule has 134 valence electrons. The number of carbonyl (C=O) groups is 1. The van der Waals surface area contributed by atoms with Crippen LogP contribution in [0.2, 0.25) is 0 Å². The Kier molecular flexibility index (Phi) is 6.30. The summed E-state index contributed by atoms with van der Waals surface area (Å²) in [6.45, 7) is 0.412. The van der Waals surface area contributed by atoms with Crippen LogP contribution in [-0.2, 0) is 11.3 Å². The Bertz CT molecular complexity index is 753. The molecule has 2 aromatic carbocycles. The summed E-state index contributed by atoms with van der Waals surface area (Å²) < 4.78 is 37.3. The number of nitrogens with zero attached hydrogens (tertiary/aromatic N) is 1. The van der Waals surface area contributed by atoms with Crippen LogP contribution in [0.25, 0.3) is 0 Å². The third-order valence-electron chi connectivity index (χ3n) is 3.54. The largest absolute Gasteiger partial charge is 0.493 e. The highest BCUT2D eigenvalue weighted by Crippen LogP contribution is 2.31. The number of amides is 1. The van der Waals surface area contributed by atoms with E-state index in [2.05, 4.69) is 5.32 Å². The van der Waals surface area contributed by atoms with Crippen LogP contribution in [0.1, 0.15) is 5.56 Å². The van der Waals surface area contributed by atoms with E-state index in [1.54, 1.807) is 32.2 Å². The zero-order chi connectivity index (χ0) is 18.4. The molecule has 0 fully saturated rings. The highest BCUT2D eigenvalue weighted by atomic mass is 19.1. The maximum atomic E-state index is 13.6. The van der Waals surface area contributed by atoms with Crippen LogP contribution in [0.15, 0.2) is 36.4 Å². The lowest BCUT2D eigenvalue weighted by Crippen LogP contribution is -2.30. The van der Waals surface area contributed by atoms with Crippen molar-refractivity contribution in [2.24, 2.45) is 0 Å². The summed E-state index contributed by atoms with van der Waals surface area (Å²) in [7, 11) is 4.83. The van der Waals surface area contributed by atoms with Gasteiger partial charge in [0.2, 0.25) is 5.91 Å². The van der Waals surface area contributed by atoms with E-state index in [0.29, 0.717) is 18.0 Å². The first-order valence-electron chi connectivity index (χ1n) is 7.58. The van der Waals surface area contributed by atoms with Crippen LogP contribution in [0.4, 0.5) is 14.5 Å². The van der Waals surface area contributed by atoms with Crippen LogP contribution in [0, 0.1) is 11.6 Å². The number of anilines is 1. The third kappa shape index (κ3) is 4.90. The number of ether oxygens (including phenoxy) is 2. The Morgan fingerprint density at radius 1 is 1.16 bits per heavy atom. The molecule has 0 radical (unpaired) electrons. The fourth-order valence-corrected chi connectivity index (χ4v) is 2.45. The summed E-state index contributed by atoms with van der Waals surface area (Å²) in [5, 5.41) is 2.37. The van der Waals surface area contributed by atoms with E-state index in [0.717, 1.165) is 23.8 Å². The van der Waals surface area contributed by atoms with Crippen molar-refractivity contribution in [3.63, 3.8) is 0 Å². The summed E-state index contributed by atoms with van der Waals surface area (Å²) in [6, 6.07) is 8.37. The highest BCUT2D eigenvalue weighted by Gasteiger charge is 2.14. The molecule has 5 nitrogen and oxygen atoms in total. The molecule has 0 saturated carbocycles. The summed E-state index contributed by atoms with van der Waals surface area (Å²) in [5.74, 6) is -0.569. The van der Waals surface area contributed by atoms with Crippen molar-refractivity contribution in [1.82, 2.24) is 4.90 Å². The maximum Gasteiger partial charge on any atom is 0.238 e. The van der Waals surface area contributed by atoms with E-state index >= 15 is 0 Å². The number of benzene rings is 2. The second-order valence-corrected chi connectivity index (χ2v) is 5.50. The molecular formula is C18H20F2N2O3. The first-order chi connectivity index (χ1) is 11.9. The monoisotopic (exact) mass is 350 g/mol. The van der Waals surface area contributed by atoms with Gasteiger partial charge in [-0.3, -0.25) is 9.69 Å². The van der Waals surface area contributed by atoms with Gasteiger partial charge in [-0.2, -0.15) is 0 Å². The Morgan fingerprint density at radius 3 is 2.60 bits per heavy atom. The van der Waals surface area contributed by atoms with Crippen LogP contribution < -0.4 is 14.8 Å². The molecule has 0 aliphatic heterocycles. The quantitative estimate of drug-likeness (QED) is 0.834. The second-order valence-electron chi connectivity index (χ2n) is 5.50. The Morgan fingerprint density at radius 2 is 1.92 bits per heavy atom. The van der Waals surface area contributed by atoms with Crippen LogP contribution >= 0.6 is 0 Å². The van der Waals surface area contributed by atoms with Crippen LogP contribution in [0.5, 0.6) is 11.5 Å². The first-order valence-corrected chi connectivity index (χ1v) is 7.58. The van der Waals surface area contributed by atoms with Gasteiger partial charge in [-0.25, -0.2) is 8.78 Å². The lowest BCUT2D eigenvalue weighted by atomic mass is 10.1. The van der Waals surface area contributed by atoms with Gasteiger partial charge in [-0.1, -0.05) is 12.1 Å². The molecule has 0 aliphatic rings. The van der Waals surface area contributed by atoms with E-state index in [1.807, 2.05) is 12.1 Å². The molecule has 0 aliphatic carbocycles. The molecule has 0 heterocycles. The van der Waals surface area contributed by atoms with E-state index in [9.17, 15) is 13.6 Å². The second kappa shape index (κ2) is 8.43. The number of rotatable bonds is 7. The molecule has 1 amide bonds. The normalized spacial score (nSPS) is 10.6. The molecule has 7 heteroatoms. The van der Waals surface area contributed by atoms with Crippen molar-refractivity contribution < 1.29 is 23.0 Å². The summed E-state index contributed by atoms with van der Waals surface area (Å²) in [4.78, 5) is 13.8. The summed E-state index contributed by atoms with van der Waals surface area (Å²) in [6.07, 6.45) is 0. The number of hydrogen-bond donors (Lipinski definition) is 1. The highest BCUT2D eigenvalue weighted by molar-refractivity contribution is 5.92. The smallest absolute Gasteiger partial charge is 0.238 e. The average molecular weight is 350 g/mol. The van der Waals surface area contributed by atoms with Crippen molar-refractivity contribution in [3.8, 4) is 11.5 Å². The summed E-state index contributed by atoms with van der Waals surface area (Å²) in [5.41, 5.74) is 0.659. The van der Waals surface area contributed by atoms with Gasteiger partial charge in [0.25, 0.3) is 0 Å². The molecule has 0 aromatic heterocycles. The molecule has 25 heavy (non-hydrogen) atoms. The minimum Gasteiger partial charge on any atom is -0.493 e. The van der Waals surface area contributed by atoms with Crippen molar-refractivity contribution in [1.29, 1.82) is 0 Å². The fraction of sp³-hybridized carbons (Fsp3) is 0.278. The van der Waals surface area contributed by atoms with Crippen molar-refractivity contribution in [3.05, 3.63) is 53.6 Å². The maximum absolute atomic E-state index is 13.6. The topological polar surface area (TPSA) is 50.8 Å². The van der Waals surface area contributed by atoms with Gasteiger partial charge >= 0.3 is 0 Å². The number of hydrogen-bond acceptors (Lipinski definition) is 4. The molecule has 0 bridgehead atoms. The molecule has 2 rings (SSSR count). The molecule has 0 atom stereocenters. The number of likely N-dealkylation sites (N-methyl/N-ethyl adjacent to an activating group) is 1. The predicted molar refractivity (Wildman–Crippen MR) is 90.9 cm³/mol. The van der Waals surface area contributed by atoms with Gasteiger partial charge in [0, 0.05) is 18.2 Å². The summed E-state index contributed by atoms with van der Waals surface area (Å²) >= 11 is 0. The van der Waals surface area contributed by atoms with Crippen LogP contribution in [0.3, 0.4) is 0 Å². The fourth-order valence-electron chi connectivity index (χ4n) is 2.45. The van der Waals surface area contributed by atoms with Crippen molar-refractivity contribution in [2.45, 2.75) is 6.54 Å². The predicted octanol–water partition coefficient (Wildman–Crippen LogP) is 3.05. The van der Waals surface area contributed by atoms with Gasteiger partial charge < -0.3 is 14.8 Å². The zero-order valence-corrected chi connectivity index (χ0v) is 14.3. The van der Waals surface area contributed by atoms with E-state index in [-0.39, 0.29) is 12.2 Å². The van der Waals surface area contributed by atoms with E-state index in [4.69, 9.17) is 9.47 Å². The van der Waals surface area contributed by atoms with Gasteiger partial charge in [0.1, 0.15) is 11.6 Å². The minimum atomic E-state index is -0.688. The van der Waals surface area contributed by atoms with Crippen molar-refractivity contribution in [2.75, 3.05) is 33.1 Å². The molecule has 2 aromatic rings. The average Bonchev–Trinajstić information content (AvgIpc) is 2.57. The van der Waals surface area contributed by atoms with Gasteiger partial charge in [-0.15, -0.1) is 0 Å². The molecular weight excluding hydrogens is 330 g/mol. The Labute approximate surface area is 145 Å². The number of nitrogens with one attached hydrogen (secondary N) is 1. The molecule has 0 unspecified atom stereocenters. The molecule has 0 spiro atoms. The number of methoxy groups -OCH3 is 2. The lowest BCUT2D eigenvalue weighted by molar-refractivity contribution is -0.117. The van der Waals surface area contributed by atoms with Gasteiger partial charge in [-0.05, 0) is 25.2 Å². The number of carbonyl (C=O) groups excluding carboxylic acids is 1. The molecule has 1 N–H and O–H groups in total. The lowest BCUT2D eigenvalue weighted by Gasteiger charge is -2.19. The third-order valence-corrected chi connectivity index (χ3v) is 3.54. The van der Waals surface area contributed by atoms with Crippen LogP contribution in [-0.4, -0.2) is 38.6 Å². The van der Waals surface area contributed by atoms with E-state index < -0.39 is 17.5 Å². The number of para-hydroxylation sites is 1. The van der Waals surface area contributed by atoms with Gasteiger partial charge in [0.15, 0.2) is 11.5 Å². The number of halogens is 2. The Hall–Kier alpha value is -2.67. The van der Waals surface area contributed by atoms with E-state index in [1.165, 1.54) is 0 Å². The zero-order valence-electron chi connectivity index (χ0n) is 14.3. The Balaban J connectivity index is 2.01. The van der Waals surface area contributed by atoms with Crippen molar-refractivity contribution >= 4 is 11.6 Å². The standard InChI is InChI=1S/C18H20F2N2O3/c1-22(10-12-5-4-6-16(24-2)18(12)25-3)11-17(23)21-15-9-13(19)7-8-14(15)20/h4-9H,10-11H2,1-3H3,(H,21,23). The molecule has 0 saturated heterocycles. The first kappa shape index (κ1) is 18.7. The SMILES string of the molecule is COc1cccc(CN(C)CC(=O)Nc2cc(F)ccc2F)c1OC. The van der Waals surface area contributed by atoms with Gasteiger partial charge in [0.05, 0.1) is 26.5 Å².